The number of aliphatic hydroxyl groups excluding tert-OH is 1. The first kappa shape index (κ1) is 23.1. The monoisotopic (exact) mass is 469 g/mol. The fraction of sp³-hybridized carbons (Fsp3) is 0.560. The van der Waals surface area contributed by atoms with Gasteiger partial charge in [-0.1, -0.05) is 5.16 Å². The van der Waals surface area contributed by atoms with E-state index in [1.165, 1.54) is 6.07 Å². The molecule has 9 heteroatoms. The average molecular weight is 470 g/mol. The first-order chi connectivity index (χ1) is 16.4. The number of hydrogen-bond donors (Lipinski definition) is 2. The van der Waals surface area contributed by atoms with Crippen molar-refractivity contribution in [3.8, 4) is 11.5 Å². The smallest absolute Gasteiger partial charge is 0.261 e. The number of aromatic nitrogens is 3. The Balaban J connectivity index is 1.50. The molecule has 0 radical (unpaired) electrons. The van der Waals surface area contributed by atoms with Gasteiger partial charge in [-0.15, -0.1) is 0 Å². The highest BCUT2D eigenvalue weighted by Crippen LogP contribution is 2.38. The van der Waals surface area contributed by atoms with E-state index in [0.717, 1.165) is 63.1 Å². The summed E-state index contributed by atoms with van der Waals surface area (Å²) in [5, 5.41) is 18.4. The van der Waals surface area contributed by atoms with Gasteiger partial charge in [0, 0.05) is 43.8 Å². The number of fused-ring (bicyclic) bond motifs is 1. The number of pyridine rings is 1. The zero-order chi connectivity index (χ0) is 23.8. The zero-order valence-corrected chi connectivity index (χ0v) is 20.0. The number of halogens is 1. The topological polar surface area (TPSA) is 96.5 Å². The van der Waals surface area contributed by atoms with Crippen molar-refractivity contribution in [2.75, 3.05) is 31.2 Å². The van der Waals surface area contributed by atoms with Gasteiger partial charge in [0.1, 0.15) is 17.2 Å². The zero-order valence-electron chi connectivity index (χ0n) is 20.0. The standard InChI is InChI=1S/C25H32FN5O3/c1-14-20-12-17(15(2)32)13-21(26)23(20)29-24(22(14)25-27-16(3)30-34-25)31-8-4-18(5-9-31)28-19-6-10-33-11-7-19/h12-13,15,18-19,28,32H,4-11H2,1-3H3/t15-/m1/s1. The average Bonchev–Trinajstić information content (AvgIpc) is 3.26. The van der Waals surface area contributed by atoms with Crippen LogP contribution in [0.15, 0.2) is 16.7 Å². The molecule has 0 amide bonds. The lowest BCUT2D eigenvalue weighted by atomic mass is 9.97. The van der Waals surface area contributed by atoms with Crippen LogP contribution >= 0.6 is 0 Å². The van der Waals surface area contributed by atoms with Gasteiger partial charge in [0.05, 0.1) is 11.7 Å². The Morgan fingerprint density at radius 3 is 2.44 bits per heavy atom. The van der Waals surface area contributed by atoms with E-state index >= 15 is 4.39 Å². The molecular weight excluding hydrogens is 437 g/mol. The number of piperidine rings is 1. The molecule has 2 aromatic heterocycles. The Morgan fingerprint density at radius 1 is 1.09 bits per heavy atom. The molecule has 2 aliphatic heterocycles. The summed E-state index contributed by atoms with van der Waals surface area (Å²) < 4.78 is 26.2. The molecule has 0 spiro atoms. The van der Waals surface area contributed by atoms with Crippen molar-refractivity contribution < 1.29 is 18.8 Å². The second kappa shape index (κ2) is 9.56. The predicted molar refractivity (Wildman–Crippen MR) is 127 cm³/mol. The maximum Gasteiger partial charge on any atom is 0.261 e. The van der Waals surface area contributed by atoms with E-state index in [-0.39, 0.29) is 0 Å². The summed E-state index contributed by atoms with van der Waals surface area (Å²) in [6.45, 7) is 8.57. The van der Waals surface area contributed by atoms with E-state index in [2.05, 4.69) is 20.4 Å². The summed E-state index contributed by atoms with van der Waals surface area (Å²) in [5.41, 5.74) is 2.34. The quantitative estimate of drug-likeness (QED) is 0.582. The van der Waals surface area contributed by atoms with Crippen LogP contribution in [-0.4, -0.2) is 58.6 Å². The largest absolute Gasteiger partial charge is 0.389 e. The third-order valence-corrected chi connectivity index (χ3v) is 7.02. The van der Waals surface area contributed by atoms with Gasteiger partial charge in [0.25, 0.3) is 5.89 Å². The summed E-state index contributed by atoms with van der Waals surface area (Å²) in [4.78, 5) is 11.5. The number of nitrogens with zero attached hydrogens (tertiary/aromatic N) is 4. The Morgan fingerprint density at radius 2 is 1.79 bits per heavy atom. The first-order valence-corrected chi connectivity index (χ1v) is 12.1. The molecular formula is C25H32FN5O3. The highest BCUT2D eigenvalue weighted by molar-refractivity contribution is 5.93. The molecule has 3 aromatic rings. The lowest BCUT2D eigenvalue weighted by Gasteiger charge is -2.37. The molecule has 8 nitrogen and oxygen atoms in total. The van der Waals surface area contributed by atoms with Gasteiger partial charge in [-0.25, -0.2) is 9.37 Å². The van der Waals surface area contributed by atoms with E-state index in [1.54, 1.807) is 19.9 Å². The van der Waals surface area contributed by atoms with Gasteiger partial charge in [-0.3, -0.25) is 0 Å². The summed E-state index contributed by atoms with van der Waals surface area (Å²) in [5.74, 6) is 1.14. The predicted octanol–water partition coefficient (Wildman–Crippen LogP) is 3.83. The number of aryl methyl sites for hydroxylation is 2. The van der Waals surface area contributed by atoms with Gasteiger partial charge in [0.15, 0.2) is 5.82 Å². The van der Waals surface area contributed by atoms with Crippen LogP contribution in [0.25, 0.3) is 22.4 Å². The van der Waals surface area contributed by atoms with Crippen LogP contribution in [0.5, 0.6) is 0 Å². The van der Waals surface area contributed by atoms with Crippen molar-refractivity contribution in [2.24, 2.45) is 0 Å². The molecule has 4 heterocycles. The molecule has 5 rings (SSSR count). The lowest BCUT2D eigenvalue weighted by molar-refractivity contribution is 0.0738. The van der Waals surface area contributed by atoms with Gasteiger partial charge in [-0.05, 0) is 69.7 Å². The van der Waals surface area contributed by atoms with Crippen LogP contribution in [0.1, 0.15) is 55.7 Å². The van der Waals surface area contributed by atoms with E-state index in [0.29, 0.717) is 46.1 Å². The van der Waals surface area contributed by atoms with Crippen molar-refractivity contribution in [2.45, 2.75) is 64.6 Å². The first-order valence-electron chi connectivity index (χ1n) is 12.1. The summed E-state index contributed by atoms with van der Waals surface area (Å²) in [6, 6.07) is 4.12. The molecule has 0 saturated carbocycles. The number of nitrogens with one attached hydrogen (secondary N) is 1. The van der Waals surface area contributed by atoms with Gasteiger partial charge < -0.3 is 24.6 Å². The molecule has 34 heavy (non-hydrogen) atoms. The number of aliphatic hydroxyl groups is 1. The number of hydrogen-bond acceptors (Lipinski definition) is 8. The SMILES string of the molecule is Cc1noc(-c2c(N3CCC(NC4CCOCC4)CC3)nc3c(F)cc([C@@H](C)O)cc3c2C)n1. The van der Waals surface area contributed by atoms with Crippen LogP contribution < -0.4 is 10.2 Å². The van der Waals surface area contributed by atoms with Crippen molar-refractivity contribution in [1.82, 2.24) is 20.4 Å². The number of anilines is 1. The molecule has 0 bridgehead atoms. The number of benzene rings is 1. The Bertz CT molecular complexity index is 1170. The Labute approximate surface area is 198 Å². The molecule has 182 valence electrons. The molecule has 1 atom stereocenters. The molecule has 2 fully saturated rings. The maximum absolute atomic E-state index is 15.1. The highest BCUT2D eigenvalue weighted by Gasteiger charge is 2.29. The summed E-state index contributed by atoms with van der Waals surface area (Å²) >= 11 is 0. The van der Waals surface area contributed by atoms with E-state index in [4.69, 9.17) is 14.2 Å². The van der Waals surface area contributed by atoms with Gasteiger partial charge in [0.2, 0.25) is 0 Å². The summed E-state index contributed by atoms with van der Waals surface area (Å²) in [7, 11) is 0. The van der Waals surface area contributed by atoms with Crippen LogP contribution in [0.4, 0.5) is 10.2 Å². The number of rotatable bonds is 5. The third kappa shape index (κ3) is 4.52. The van der Waals surface area contributed by atoms with Crippen LogP contribution in [0.3, 0.4) is 0 Å². The number of ether oxygens (including phenoxy) is 1. The molecule has 0 unspecified atom stereocenters. The molecule has 2 aliphatic rings. The van der Waals surface area contributed by atoms with Crippen molar-refractivity contribution >= 4 is 16.7 Å². The summed E-state index contributed by atoms with van der Waals surface area (Å²) in [6.07, 6.45) is 3.28. The van der Waals surface area contributed by atoms with E-state index in [9.17, 15) is 5.11 Å². The molecule has 2 N–H and O–H groups in total. The van der Waals surface area contributed by atoms with E-state index in [1.807, 2.05) is 6.92 Å². The van der Waals surface area contributed by atoms with Gasteiger partial charge in [-0.2, -0.15) is 4.98 Å². The maximum atomic E-state index is 15.1. The minimum Gasteiger partial charge on any atom is -0.389 e. The Kier molecular flexibility index (Phi) is 6.50. The van der Waals surface area contributed by atoms with Crippen LogP contribution in [-0.2, 0) is 4.74 Å². The molecule has 0 aliphatic carbocycles. The van der Waals surface area contributed by atoms with Crippen molar-refractivity contribution in [3.63, 3.8) is 0 Å². The second-order valence-corrected chi connectivity index (χ2v) is 9.47. The normalized spacial score (nSPS) is 19.1. The third-order valence-electron chi connectivity index (χ3n) is 7.02. The lowest BCUT2D eigenvalue weighted by Crippen LogP contribution is -2.48. The van der Waals surface area contributed by atoms with E-state index < -0.39 is 11.9 Å². The van der Waals surface area contributed by atoms with Crippen molar-refractivity contribution in [3.05, 3.63) is 34.9 Å². The molecule has 2 saturated heterocycles. The van der Waals surface area contributed by atoms with Crippen LogP contribution in [0, 0.1) is 19.7 Å². The minimum absolute atomic E-state index is 0.291. The van der Waals surface area contributed by atoms with Gasteiger partial charge >= 0.3 is 0 Å². The highest BCUT2D eigenvalue weighted by atomic mass is 19.1. The van der Waals surface area contributed by atoms with Crippen molar-refractivity contribution in [1.29, 1.82) is 0 Å². The fourth-order valence-corrected chi connectivity index (χ4v) is 5.06. The minimum atomic E-state index is -0.783. The fourth-order valence-electron chi connectivity index (χ4n) is 5.06. The Hall–Kier alpha value is -2.62. The molecule has 1 aromatic carbocycles. The second-order valence-electron chi connectivity index (χ2n) is 9.47. The van der Waals surface area contributed by atoms with Crippen LogP contribution in [0.2, 0.25) is 0 Å².